The Morgan fingerprint density at radius 1 is 0.893 bits per heavy atom. The average molecular weight is 421 g/mol. The van der Waals surface area contributed by atoms with Gasteiger partial charge in [-0.25, -0.2) is 0 Å². The Hall–Kier alpha value is -1.86. The van der Waals surface area contributed by atoms with Crippen LogP contribution >= 0.6 is 23.5 Å². The van der Waals surface area contributed by atoms with Crippen LogP contribution in [0, 0.1) is 0 Å². The maximum atomic E-state index is 5.63. The lowest BCUT2D eigenvalue weighted by molar-refractivity contribution is 0.174. The molecule has 1 fully saturated rings. The second-order valence-corrected chi connectivity index (χ2v) is 9.63. The summed E-state index contributed by atoms with van der Waals surface area (Å²) in [5, 5.41) is 0. The van der Waals surface area contributed by atoms with Crippen molar-refractivity contribution in [3.05, 3.63) is 41.5 Å². The summed E-state index contributed by atoms with van der Waals surface area (Å²) < 4.78 is 27.6. The summed E-state index contributed by atoms with van der Waals surface area (Å²) >= 11 is 3.99. The second kappa shape index (κ2) is 8.25. The van der Waals surface area contributed by atoms with Gasteiger partial charge in [0.05, 0.1) is 25.4 Å². The summed E-state index contributed by atoms with van der Waals surface area (Å²) in [6.07, 6.45) is 2.07. The van der Waals surface area contributed by atoms with E-state index in [4.69, 9.17) is 23.7 Å². The normalized spacial score (nSPS) is 17.2. The first-order chi connectivity index (χ1) is 13.7. The third kappa shape index (κ3) is 3.57. The maximum Gasteiger partial charge on any atom is 0.231 e. The standard InChI is InChI=1S/C21H24O5S2/c1-22-18-9-14(10-19(23-2)20(18)24-3)12-21(27-7-4-8-28-21)15-5-6-16-17(11-15)26-13-25-16/h5-6,9-11H,4,7-8,12-13H2,1-3H3. The highest BCUT2D eigenvalue weighted by Gasteiger charge is 2.37. The molecule has 2 aliphatic rings. The van der Waals surface area contributed by atoms with Crippen molar-refractivity contribution in [1.29, 1.82) is 0 Å². The minimum absolute atomic E-state index is 0.0934. The highest BCUT2D eigenvalue weighted by Crippen LogP contribution is 2.54. The van der Waals surface area contributed by atoms with Gasteiger partial charge in [-0.05, 0) is 53.3 Å². The number of thioether (sulfide) groups is 2. The molecule has 150 valence electrons. The molecule has 2 heterocycles. The number of ether oxygens (including phenoxy) is 5. The first-order valence-corrected chi connectivity index (χ1v) is 11.1. The van der Waals surface area contributed by atoms with Gasteiger partial charge in [0.1, 0.15) is 0 Å². The van der Waals surface area contributed by atoms with Crippen molar-refractivity contribution in [2.75, 3.05) is 39.6 Å². The Kier molecular flexibility index (Phi) is 5.73. The maximum absolute atomic E-state index is 5.63. The van der Waals surface area contributed by atoms with Gasteiger partial charge in [-0.3, -0.25) is 0 Å². The van der Waals surface area contributed by atoms with E-state index in [9.17, 15) is 0 Å². The van der Waals surface area contributed by atoms with E-state index in [1.54, 1.807) is 21.3 Å². The molecule has 0 N–H and O–H groups in total. The molecule has 2 aliphatic heterocycles. The summed E-state index contributed by atoms with van der Waals surface area (Å²) in [7, 11) is 4.93. The molecule has 0 amide bonds. The fourth-order valence-electron chi connectivity index (χ4n) is 3.59. The monoisotopic (exact) mass is 420 g/mol. The molecule has 0 aliphatic carbocycles. The topological polar surface area (TPSA) is 46.2 Å². The molecule has 2 aromatic carbocycles. The molecular weight excluding hydrogens is 396 g/mol. The molecule has 0 spiro atoms. The summed E-state index contributed by atoms with van der Waals surface area (Å²) in [4.78, 5) is 0. The third-order valence-electron chi connectivity index (χ3n) is 4.93. The first-order valence-electron chi connectivity index (χ1n) is 9.16. The zero-order valence-electron chi connectivity index (χ0n) is 16.3. The number of methoxy groups -OCH3 is 3. The average Bonchev–Trinajstić information content (AvgIpc) is 3.21. The Labute approximate surface area is 174 Å². The molecule has 1 saturated heterocycles. The lowest BCUT2D eigenvalue weighted by Crippen LogP contribution is -2.25. The highest BCUT2D eigenvalue weighted by atomic mass is 32.2. The van der Waals surface area contributed by atoms with E-state index in [1.807, 2.05) is 41.7 Å². The SMILES string of the molecule is COc1cc(CC2(c3ccc4c(c3)OCO4)SCCCS2)cc(OC)c1OC. The summed E-state index contributed by atoms with van der Waals surface area (Å²) in [5.41, 5.74) is 2.40. The lowest BCUT2D eigenvalue weighted by Gasteiger charge is -2.37. The number of fused-ring (bicyclic) bond motifs is 1. The molecule has 0 radical (unpaired) electrons. The number of benzene rings is 2. The molecule has 0 aromatic heterocycles. The van der Waals surface area contributed by atoms with E-state index in [1.165, 1.54) is 12.0 Å². The van der Waals surface area contributed by atoms with Crippen LogP contribution in [0.1, 0.15) is 17.5 Å². The summed E-state index contributed by atoms with van der Waals surface area (Å²) in [5.74, 6) is 5.89. The molecular formula is C21H24O5S2. The Morgan fingerprint density at radius 2 is 1.57 bits per heavy atom. The van der Waals surface area contributed by atoms with E-state index in [0.29, 0.717) is 24.0 Å². The predicted octanol–water partition coefficient (Wildman–Crippen LogP) is 4.71. The van der Waals surface area contributed by atoms with Crippen molar-refractivity contribution in [2.45, 2.75) is 16.9 Å². The minimum atomic E-state index is -0.0934. The van der Waals surface area contributed by atoms with E-state index in [2.05, 4.69) is 12.1 Å². The zero-order valence-corrected chi connectivity index (χ0v) is 17.9. The zero-order chi connectivity index (χ0) is 19.6. The van der Waals surface area contributed by atoms with E-state index in [0.717, 1.165) is 35.0 Å². The van der Waals surface area contributed by atoms with E-state index < -0.39 is 0 Å². The van der Waals surface area contributed by atoms with Gasteiger partial charge in [0.2, 0.25) is 12.5 Å². The molecule has 5 nitrogen and oxygen atoms in total. The van der Waals surface area contributed by atoms with Gasteiger partial charge in [0, 0.05) is 6.42 Å². The molecule has 7 heteroatoms. The van der Waals surface area contributed by atoms with Gasteiger partial charge in [-0.1, -0.05) is 6.07 Å². The van der Waals surface area contributed by atoms with Crippen LogP contribution in [0.5, 0.6) is 28.7 Å². The highest BCUT2D eigenvalue weighted by molar-refractivity contribution is 8.18. The van der Waals surface area contributed by atoms with Crippen LogP contribution in [0.2, 0.25) is 0 Å². The Balaban J connectivity index is 1.73. The van der Waals surface area contributed by atoms with E-state index in [-0.39, 0.29) is 4.08 Å². The van der Waals surface area contributed by atoms with Crippen LogP contribution in [-0.4, -0.2) is 39.6 Å². The van der Waals surface area contributed by atoms with Crippen LogP contribution in [-0.2, 0) is 10.5 Å². The van der Waals surface area contributed by atoms with Crippen molar-refractivity contribution in [2.24, 2.45) is 0 Å². The fourth-order valence-corrected chi connectivity index (χ4v) is 6.96. The quantitative estimate of drug-likeness (QED) is 0.671. The summed E-state index contributed by atoms with van der Waals surface area (Å²) in [6.45, 7) is 0.291. The first kappa shape index (κ1) is 19.5. The van der Waals surface area contributed by atoms with Gasteiger partial charge < -0.3 is 23.7 Å². The predicted molar refractivity (Wildman–Crippen MR) is 114 cm³/mol. The molecule has 2 aromatic rings. The van der Waals surface area contributed by atoms with Crippen molar-refractivity contribution in [1.82, 2.24) is 0 Å². The molecule has 4 rings (SSSR count). The van der Waals surface area contributed by atoms with Crippen LogP contribution in [0.4, 0.5) is 0 Å². The van der Waals surface area contributed by atoms with Crippen LogP contribution in [0.3, 0.4) is 0 Å². The van der Waals surface area contributed by atoms with Gasteiger partial charge in [0.15, 0.2) is 23.0 Å². The van der Waals surface area contributed by atoms with Crippen molar-refractivity contribution < 1.29 is 23.7 Å². The fraction of sp³-hybridized carbons (Fsp3) is 0.429. The number of hydrogen-bond donors (Lipinski definition) is 0. The lowest BCUT2D eigenvalue weighted by atomic mass is 10.0. The van der Waals surface area contributed by atoms with Gasteiger partial charge in [0.25, 0.3) is 0 Å². The van der Waals surface area contributed by atoms with Crippen molar-refractivity contribution >= 4 is 23.5 Å². The van der Waals surface area contributed by atoms with Crippen molar-refractivity contribution in [3.63, 3.8) is 0 Å². The van der Waals surface area contributed by atoms with Crippen LogP contribution in [0.25, 0.3) is 0 Å². The van der Waals surface area contributed by atoms with Crippen molar-refractivity contribution in [3.8, 4) is 28.7 Å². The number of hydrogen-bond acceptors (Lipinski definition) is 7. The Bertz CT molecular complexity index is 824. The largest absolute Gasteiger partial charge is 0.493 e. The molecule has 0 unspecified atom stereocenters. The molecule has 0 atom stereocenters. The smallest absolute Gasteiger partial charge is 0.231 e. The van der Waals surface area contributed by atoms with Crippen LogP contribution in [0.15, 0.2) is 30.3 Å². The van der Waals surface area contributed by atoms with E-state index >= 15 is 0 Å². The minimum Gasteiger partial charge on any atom is -0.493 e. The molecule has 0 saturated carbocycles. The van der Waals surface area contributed by atoms with Gasteiger partial charge >= 0.3 is 0 Å². The molecule has 28 heavy (non-hydrogen) atoms. The Morgan fingerprint density at radius 3 is 2.21 bits per heavy atom. The number of rotatable bonds is 6. The summed E-state index contributed by atoms with van der Waals surface area (Å²) in [6, 6.07) is 10.4. The second-order valence-electron chi connectivity index (χ2n) is 6.58. The van der Waals surface area contributed by atoms with Crippen LogP contribution < -0.4 is 23.7 Å². The molecule has 0 bridgehead atoms. The van der Waals surface area contributed by atoms with Gasteiger partial charge in [-0.2, -0.15) is 0 Å². The third-order valence-corrected chi connectivity index (χ3v) is 8.32. The van der Waals surface area contributed by atoms with Gasteiger partial charge in [-0.15, -0.1) is 23.5 Å².